The monoisotopic (exact) mass is 381 g/mol. The van der Waals surface area contributed by atoms with E-state index in [0.717, 1.165) is 5.57 Å². The molecule has 2 aliphatic heterocycles. The van der Waals surface area contributed by atoms with Crippen molar-refractivity contribution in [1.29, 1.82) is 0 Å². The fraction of sp³-hybridized carbons (Fsp3) is 0.556. The maximum atomic E-state index is 11.6. The fourth-order valence-electron chi connectivity index (χ4n) is 3.38. The number of aliphatic hydroxyl groups excluding tert-OH is 3. The van der Waals surface area contributed by atoms with Gasteiger partial charge in [-0.2, -0.15) is 0 Å². The number of hydrogen-bond acceptors (Lipinski definition) is 8. The molecule has 0 bridgehead atoms. The van der Waals surface area contributed by atoms with E-state index in [1.54, 1.807) is 12.2 Å². The van der Waals surface area contributed by atoms with E-state index in [2.05, 4.69) is 5.32 Å². The summed E-state index contributed by atoms with van der Waals surface area (Å²) in [6.45, 7) is 2.56. The molecule has 0 spiro atoms. The number of ether oxygens (including phenoxy) is 3. The molecule has 3 aliphatic rings. The summed E-state index contributed by atoms with van der Waals surface area (Å²) < 4.78 is 16.6. The van der Waals surface area contributed by atoms with Crippen LogP contribution in [-0.2, 0) is 23.8 Å². The van der Waals surface area contributed by atoms with Gasteiger partial charge in [-0.15, -0.1) is 0 Å². The lowest BCUT2D eigenvalue weighted by Gasteiger charge is -2.42. The van der Waals surface area contributed by atoms with E-state index in [-0.39, 0.29) is 5.92 Å². The number of amides is 1. The van der Waals surface area contributed by atoms with Gasteiger partial charge in [0.05, 0.1) is 6.61 Å². The van der Waals surface area contributed by atoms with Gasteiger partial charge in [-0.1, -0.05) is 11.6 Å². The molecular weight excluding hydrogens is 358 g/mol. The minimum atomic E-state index is -1.40. The molecule has 0 aromatic carbocycles. The van der Waals surface area contributed by atoms with E-state index in [9.17, 15) is 24.9 Å². The molecule has 148 valence electrons. The van der Waals surface area contributed by atoms with Gasteiger partial charge in [0, 0.05) is 18.9 Å². The van der Waals surface area contributed by atoms with Crippen LogP contribution in [0.3, 0.4) is 0 Å². The first kappa shape index (κ1) is 19.6. The number of carbonyl (C=O) groups excluding carboxylic acids is 2. The Morgan fingerprint density at radius 2 is 2.07 bits per heavy atom. The molecule has 1 fully saturated rings. The maximum Gasteiger partial charge on any atom is 0.331 e. The molecule has 9 heteroatoms. The summed E-state index contributed by atoms with van der Waals surface area (Å²) >= 11 is 0. The van der Waals surface area contributed by atoms with E-state index < -0.39 is 55.2 Å². The van der Waals surface area contributed by atoms with Crippen LogP contribution in [-0.4, -0.2) is 70.6 Å². The first-order valence-electron chi connectivity index (χ1n) is 8.65. The smallest absolute Gasteiger partial charge is 0.331 e. The maximum absolute atomic E-state index is 11.6. The Morgan fingerprint density at radius 3 is 2.74 bits per heavy atom. The Bertz CT molecular complexity index is 699. The summed E-state index contributed by atoms with van der Waals surface area (Å²) in [6.07, 6.45) is 0.990. The molecule has 1 saturated heterocycles. The van der Waals surface area contributed by atoms with Crippen molar-refractivity contribution in [3.63, 3.8) is 0 Å². The zero-order valence-electron chi connectivity index (χ0n) is 14.9. The minimum absolute atomic E-state index is 0.0916. The first-order chi connectivity index (χ1) is 12.8. The van der Waals surface area contributed by atoms with Gasteiger partial charge >= 0.3 is 5.97 Å². The number of nitrogens with one attached hydrogen (secondary N) is 1. The molecule has 7 atom stereocenters. The van der Waals surface area contributed by atoms with Crippen LogP contribution in [0.1, 0.15) is 13.8 Å². The Labute approximate surface area is 155 Å². The summed E-state index contributed by atoms with van der Waals surface area (Å²) in [4.78, 5) is 23.1. The van der Waals surface area contributed by atoms with Gasteiger partial charge in [0.1, 0.15) is 36.2 Å². The second kappa shape index (κ2) is 7.81. The van der Waals surface area contributed by atoms with Crippen LogP contribution in [0.4, 0.5) is 0 Å². The van der Waals surface area contributed by atoms with Crippen molar-refractivity contribution in [3.8, 4) is 0 Å². The van der Waals surface area contributed by atoms with Gasteiger partial charge < -0.3 is 34.8 Å². The van der Waals surface area contributed by atoms with Crippen LogP contribution in [0.2, 0.25) is 0 Å². The highest BCUT2D eigenvalue weighted by Crippen LogP contribution is 2.32. The van der Waals surface area contributed by atoms with Gasteiger partial charge in [0.15, 0.2) is 0 Å². The number of allylic oxidation sites excluding steroid dienone is 1. The molecule has 27 heavy (non-hydrogen) atoms. The van der Waals surface area contributed by atoms with Gasteiger partial charge in [0.2, 0.25) is 12.2 Å². The molecule has 1 amide bonds. The Morgan fingerprint density at radius 1 is 1.33 bits per heavy atom. The highest BCUT2D eigenvalue weighted by atomic mass is 16.7. The summed E-state index contributed by atoms with van der Waals surface area (Å²) in [5.41, 5.74) is 0.867. The highest BCUT2D eigenvalue weighted by Gasteiger charge is 2.46. The average Bonchev–Trinajstić information content (AvgIpc) is 2.60. The van der Waals surface area contributed by atoms with Crippen molar-refractivity contribution in [3.05, 3.63) is 35.6 Å². The predicted molar refractivity (Wildman–Crippen MR) is 90.8 cm³/mol. The van der Waals surface area contributed by atoms with E-state index in [1.807, 2.05) is 13.0 Å². The van der Waals surface area contributed by atoms with Crippen molar-refractivity contribution in [2.75, 3.05) is 6.61 Å². The molecule has 2 heterocycles. The molecule has 0 unspecified atom stereocenters. The second-order valence-corrected chi connectivity index (χ2v) is 6.79. The standard InChI is InChI=1S/C18H23NO8/c1-8-5-14(22)26-12-6-10(3-4-11(8)12)25-18-15(19-9(2)21)17(24)16(23)13(7-20)27-18/h3-6,11-13,15-18,20,23-24H,7H2,1-2H3,(H,19,21)/t11-,12-,13+,15+,16-,17+,18-/m0/s1. The Kier molecular flexibility index (Phi) is 5.66. The van der Waals surface area contributed by atoms with Crippen LogP contribution < -0.4 is 5.32 Å². The number of rotatable bonds is 4. The van der Waals surface area contributed by atoms with Crippen LogP contribution >= 0.6 is 0 Å². The minimum Gasteiger partial charge on any atom is -0.463 e. The molecule has 0 radical (unpaired) electrons. The molecule has 0 aromatic rings. The largest absolute Gasteiger partial charge is 0.463 e. The predicted octanol–water partition coefficient (Wildman–Crippen LogP) is -1.11. The van der Waals surface area contributed by atoms with E-state index >= 15 is 0 Å². The lowest BCUT2D eigenvalue weighted by atomic mass is 9.88. The molecule has 3 rings (SSSR count). The number of hydrogen-bond donors (Lipinski definition) is 4. The average molecular weight is 381 g/mol. The molecule has 0 aromatic heterocycles. The van der Waals surface area contributed by atoms with Crippen LogP contribution in [0.15, 0.2) is 35.6 Å². The van der Waals surface area contributed by atoms with Crippen molar-refractivity contribution in [1.82, 2.24) is 5.32 Å². The normalized spacial score (nSPS) is 38.3. The van der Waals surface area contributed by atoms with Crippen LogP contribution in [0.5, 0.6) is 0 Å². The summed E-state index contributed by atoms with van der Waals surface area (Å²) in [6, 6.07) is -1.05. The van der Waals surface area contributed by atoms with Gasteiger partial charge in [-0.05, 0) is 19.1 Å². The molecular formula is C18H23NO8. The van der Waals surface area contributed by atoms with Crippen LogP contribution in [0, 0.1) is 5.92 Å². The first-order valence-corrected chi connectivity index (χ1v) is 8.65. The van der Waals surface area contributed by atoms with Crippen molar-refractivity contribution < 1.29 is 39.1 Å². The molecule has 1 aliphatic carbocycles. The lowest BCUT2D eigenvalue weighted by molar-refractivity contribution is -0.258. The third-order valence-corrected chi connectivity index (χ3v) is 4.78. The molecule has 0 saturated carbocycles. The van der Waals surface area contributed by atoms with Crippen LogP contribution in [0.25, 0.3) is 0 Å². The highest BCUT2D eigenvalue weighted by molar-refractivity contribution is 5.84. The molecule has 4 N–H and O–H groups in total. The van der Waals surface area contributed by atoms with Gasteiger partial charge in [0.25, 0.3) is 0 Å². The summed E-state index contributed by atoms with van der Waals surface area (Å²) in [5.74, 6) is -0.657. The zero-order valence-corrected chi connectivity index (χ0v) is 14.9. The molecule has 9 nitrogen and oxygen atoms in total. The van der Waals surface area contributed by atoms with E-state index in [4.69, 9.17) is 14.2 Å². The van der Waals surface area contributed by atoms with Crippen molar-refractivity contribution in [2.45, 2.75) is 50.6 Å². The number of esters is 1. The van der Waals surface area contributed by atoms with Gasteiger partial charge in [-0.25, -0.2) is 4.79 Å². The third-order valence-electron chi connectivity index (χ3n) is 4.78. The SMILES string of the molecule is CC(=O)N[C@H]1[C@@H](OC2=C[C@@H]3OC(=O)C=C(C)[C@@H]3C=C2)O[C@H](CO)[C@H](O)[C@@H]1O. The van der Waals surface area contributed by atoms with E-state index in [1.165, 1.54) is 13.0 Å². The van der Waals surface area contributed by atoms with Crippen molar-refractivity contribution in [2.24, 2.45) is 5.92 Å². The number of aliphatic hydroxyl groups is 3. The number of carbonyl (C=O) groups is 2. The Hall–Kier alpha value is -2.20. The summed E-state index contributed by atoms with van der Waals surface area (Å²) in [7, 11) is 0. The Balaban J connectivity index is 1.78. The fourth-order valence-corrected chi connectivity index (χ4v) is 3.38. The lowest BCUT2D eigenvalue weighted by Crippen LogP contribution is -2.64. The zero-order chi connectivity index (χ0) is 19.7. The van der Waals surface area contributed by atoms with Gasteiger partial charge in [-0.3, -0.25) is 4.79 Å². The van der Waals surface area contributed by atoms with E-state index in [0.29, 0.717) is 5.76 Å². The van der Waals surface area contributed by atoms with Crippen molar-refractivity contribution >= 4 is 11.9 Å². The number of fused-ring (bicyclic) bond motifs is 1. The second-order valence-electron chi connectivity index (χ2n) is 6.79. The topological polar surface area (TPSA) is 135 Å². The summed E-state index contributed by atoms with van der Waals surface area (Å²) in [5, 5.41) is 32.2. The quantitative estimate of drug-likeness (QED) is 0.450. The third kappa shape index (κ3) is 4.06.